The number of alkyl halides is 2. The van der Waals surface area contributed by atoms with Gasteiger partial charge in [-0.1, -0.05) is 19.9 Å². The number of nitrogens with one attached hydrogen (secondary N) is 1. The summed E-state index contributed by atoms with van der Waals surface area (Å²) >= 11 is 0.768. The molecule has 1 aromatic rings. The summed E-state index contributed by atoms with van der Waals surface area (Å²) in [4.78, 5) is 37.7. The van der Waals surface area contributed by atoms with Crippen LogP contribution in [-0.4, -0.2) is 48.8 Å². The molecular formula is C19H22F2N2O5S. The molecule has 1 aliphatic rings. The highest BCUT2D eigenvalue weighted by molar-refractivity contribution is 8.18. The molecule has 7 nitrogen and oxygen atoms in total. The van der Waals surface area contributed by atoms with Gasteiger partial charge in [0.25, 0.3) is 11.1 Å². The Morgan fingerprint density at radius 3 is 2.66 bits per heavy atom. The number of imide groups is 1. The zero-order valence-electron chi connectivity index (χ0n) is 16.2. The maximum atomic E-state index is 12.5. The number of nitrogens with zero attached hydrogens (tertiary/aromatic N) is 1. The topological polar surface area (TPSA) is 84.9 Å². The quantitative estimate of drug-likeness (QED) is 0.606. The van der Waals surface area contributed by atoms with Crippen LogP contribution in [0.15, 0.2) is 23.1 Å². The first-order valence-electron chi connectivity index (χ1n) is 8.92. The summed E-state index contributed by atoms with van der Waals surface area (Å²) < 4.78 is 34.2. The van der Waals surface area contributed by atoms with E-state index in [1.165, 1.54) is 31.4 Å². The van der Waals surface area contributed by atoms with Gasteiger partial charge in [0, 0.05) is 19.0 Å². The smallest absolute Gasteiger partial charge is 0.387 e. The normalized spacial score (nSPS) is 16.5. The van der Waals surface area contributed by atoms with Gasteiger partial charge in [0.15, 0.2) is 11.5 Å². The van der Waals surface area contributed by atoms with Crippen LogP contribution in [0, 0.1) is 5.92 Å². The Morgan fingerprint density at radius 1 is 1.31 bits per heavy atom. The molecule has 0 saturated carbocycles. The molecule has 2 rings (SSSR count). The minimum atomic E-state index is -2.99. The Bertz CT molecular complexity index is 816. The van der Waals surface area contributed by atoms with Crippen molar-refractivity contribution in [3.05, 3.63) is 28.7 Å². The summed E-state index contributed by atoms with van der Waals surface area (Å²) in [5, 5.41) is 2.26. The van der Waals surface area contributed by atoms with E-state index >= 15 is 0 Å². The summed E-state index contributed by atoms with van der Waals surface area (Å²) in [6.45, 7) is 0.931. The standard InChI is InChI=1S/C19H22F2N2O5S/c1-4-11(2)16(24)22-7-8-23-17(25)15(29-19(23)26)10-12-5-6-13(28-18(20)21)14(9-12)27-3/h5-6,9-11,18H,4,7-8H2,1-3H3,(H,22,24)/b15-10-. The van der Waals surface area contributed by atoms with E-state index < -0.39 is 17.8 Å². The van der Waals surface area contributed by atoms with Gasteiger partial charge < -0.3 is 14.8 Å². The van der Waals surface area contributed by atoms with Gasteiger partial charge in [0.2, 0.25) is 5.91 Å². The first-order valence-corrected chi connectivity index (χ1v) is 9.74. The maximum absolute atomic E-state index is 12.5. The van der Waals surface area contributed by atoms with Gasteiger partial charge in [-0.2, -0.15) is 8.78 Å². The number of halogens is 2. The van der Waals surface area contributed by atoms with Gasteiger partial charge in [-0.3, -0.25) is 19.3 Å². The third-order valence-electron chi connectivity index (χ3n) is 4.27. The van der Waals surface area contributed by atoms with E-state index in [0.29, 0.717) is 12.0 Å². The van der Waals surface area contributed by atoms with Gasteiger partial charge in [0.05, 0.1) is 12.0 Å². The van der Waals surface area contributed by atoms with Gasteiger partial charge in [0.1, 0.15) is 0 Å². The van der Waals surface area contributed by atoms with Gasteiger partial charge in [-0.05, 0) is 42.0 Å². The predicted molar refractivity (Wildman–Crippen MR) is 105 cm³/mol. The molecule has 1 unspecified atom stereocenters. The van der Waals surface area contributed by atoms with Gasteiger partial charge >= 0.3 is 6.61 Å². The van der Waals surface area contributed by atoms with Crippen LogP contribution in [0.2, 0.25) is 0 Å². The van der Waals surface area contributed by atoms with E-state index in [1.807, 2.05) is 6.92 Å². The van der Waals surface area contributed by atoms with Crippen LogP contribution >= 0.6 is 11.8 Å². The lowest BCUT2D eigenvalue weighted by atomic mass is 10.1. The first kappa shape index (κ1) is 22.7. The second-order valence-electron chi connectivity index (χ2n) is 6.22. The number of thioether (sulfide) groups is 1. The van der Waals surface area contributed by atoms with Crippen molar-refractivity contribution in [3.8, 4) is 11.5 Å². The van der Waals surface area contributed by atoms with Crippen LogP contribution in [-0.2, 0) is 9.59 Å². The Kier molecular flexibility index (Phi) is 8.00. The van der Waals surface area contributed by atoms with Gasteiger partial charge in [-0.15, -0.1) is 0 Å². The average Bonchev–Trinajstić information content (AvgIpc) is 2.95. The fourth-order valence-corrected chi connectivity index (χ4v) is 3.33. The molecular weight excluding hydrogens is 406 g/mol. The highest BCUT2D eigenvalue weighted by Gasteiger charge is 2.34. The van der Waals surface area contributed by atoms with E-state index in [1.54, 1.807) is 6.92 Å². The van der Waals surface area contributed by atoms with Crippen molar-refractivity contribution in [1.82, 2.24) is 10.2 Å². The number of ether oxygens (including phenoxy) is 2. The van der Waals surface area contributed by atoms with Crippen LogP contribution in [0.25, 0.3) is 6.08 Å². The highest BCUT2D eigenvalue weighted by Crippen LogP contribution is 2.34. The van der Waals surface area contributed by atoms with Crippen molar-refractivity contribution < 1.29 is 32.6 Å². The molecule has 0 radical (unpaired) electrons. The van der Waals surface area contributed by atoms with Crippen molar-refractivity contribution in [2.45, 2.75) is 26.9 Å². The molecule has 3 amide bonds. The van der Waals surface area contributed by atoms with Crippen LogP contribution in [0.4, 0.5) is 13.6 Å². The van der Waals surface area contributed by atoms with Crippen LogP contribution in [0.1, 0.15) is 25.8 Å². The first-order chi connectivity index (χ1) is 13.8. The summed E-state index contributed by atoms with van der Waals surface area (Å²) in [6, 6.07) is 4.20. The van der Waals surface area contributed by atoms with E-state index in [9.17, 15) is 23.2 Å². The largest absolute Gasteiger partial charge is 0.493 e. The summed E-state index contributed by atoms with van der Waals surface area (Å²) in [6.07, 6.45) is 2.16. The Hall–Kier alpha value is -2.62. The number of benzene rings is 1. The lowest BCUT2D eigenvalue weighted by Crippen LogP contribution is -2.38. The molecule has 0 spiro atoms. The number of rotatable bonds is 9. The highest BCUT2D eigenvalue weighted by atomic mass is 32.2. The SMILES string of the molecule is CCC(C)C(=O)NCCN1C(=O)S/C(=C\c2ccc(OC(F)F)c(OC)c2)C1=O. The zero-order valence-corrected chi connectivity index (χ0v) is 17.1. The number of methoxy groups -OCH3 is 1. The summed E-state index contributed by atoms with van der Waals surface area (Å²) in [5.41, 5.74) is 0.485. The molecule has 29 heavy (non-hydrogen) atoms. The Morgan fingerprint density at radius 2 is 2.03 bits per heavy atom. The van der Waals surface area contributed by atoms with E-state index in [4.69, 9.17) is 4.74 Å². The minimum absolute atomic E-state index is 0.0642. The van der Waals surface area contributed by atoms with Crippen molar-refractivity contribution in [2.24, 2.45) is 5.92 Å². The predicted octanol–water partition coefficient (Wildman–Crippen LogP) is 3.50. The average molecular weight is 428 g/mol. The third kappa shape index (κ3) is 5.93. The van der Waals surface area contributed by atoms with Gasteiger partial charge in [-0.25, -0.2) is 0 Å². The summed E-state index contributed by atoms with van der Waals surface area (Å²) in [5.74, 6) is -0.814. The molecule has 1 atom stereocenters. The molecule has 158 valence electrons. The number of hydrogen-bond acceptors (Lipinski definition) is 6. The molecule has 0 aromatic heterocycles. The fourth-order valence-electron chi connectivity index (χ4n) is 2.46. The lowest BCUT2D eigenvalue weighted by molar-refractivity contribution is -0.126. The maximum Gasteiger partial charge on any atom is 0.387 e. The molecule has 0 bridgehead atoms. The molecule has 1 fully saturated rings. The third-order valence-corrected chi connectivity index (χ3v) is 5.18. The van der Waals surface area contributed by atoms with Crippen LogP contribution in [0.5, 0.6) is 11.5 Å². The molecule has 1 aromatic carbocycles. The van der Waals surface area contributed by atoms with Crippen molar-refractivity contribution >= 4 is 34.9 Å². The molecule has 10 heteroatoms. The number of amides is 3. The van der Waals surface area contributed by atoms with Crippen molar-refractivity contribution in [1.29, 1.82) is 0 Å². The monoisotopic (exact) mass is 428 g/mol. The zero-order chi connectivity index (χ0) is 21.6. The molecule has 1 aliphatic heterocycles. The summed E-state index contributed by atoms with van der Waals surface area (Å²) in [7, 11) is 1.30. The Balaban J connectivity index is 2.06. The minimum Gasteiger partial charge on any atom is -0.493 e. The number of carbonyl (C=O) groups is 3. The Labute approximate surface area is 171 Å². The molecule has 1 saturated heterocycles. The van der Waals surface area contributed by atoms with E-state index in [2.05, 4.69) is 10.1 Å². The molecule has 1 heterocycles. The van der Waals surface area contributed by atoms with E-state index in [-0.39, 0.29) is 41.3 Å². The van der Waals surface area contributed by atoms with Crippen LogP contribution < -0.4 is 14.8 Å². The van der Waals surface area contributed by atoms with E-state index in [0.717, 1.165) is 16.7 Å². The lowest BCUT2D eigenvalue weighted by Gasteiger charge is -2.14. The van der Waals surface area contributed by atoms with Crippen molar-refractivity contribution in [2.75, 3.05) is 20.2 Å². The second-order valence-corrected chi connectivity index (χ2v) is 7.22. The van der Waals surface area contributed by atoms with Crippen molar-refractivity contribution in [3.63, 3.8) is 0 Å². The fraction of sp³-hybridized carbons (Fsp3) is 0.421. The number of hydrogen-bond donors (Lipinski definition) is 1. The second kappa shape index (κ2) is 10.2. The molecule has 1 N–H and O–H groups in total. The van der Waals surface area contributed by atoms with Crippen LogP contribution in [0.3, 0.4) is 0 Å². The number of carbonyl (C=O) groups excluding carboxylic acids is 3. The molecule has 0 aliphatic carbocycles.